The van der Waals surface area contributed by atoms with E-state index >= 15 is 0 Å². The molecule has 0 spiro atoms. The zero-order valence-corrected chi connectivity index (χ0v) is 7.21. The molecule has 1 heterocycles. The lowest BCUT2D eigenvalue weighted by molar-refractivity contribution is -0.111. The highest BCUT2D eigenvalue weighted by Crippen LogP contribution is 2.48. The van der Waals surface area contributed by atoms with Crippen LogP contribution in [0.3, 0.4) is 0 Å². The van der Waals surface area contributed by atoms with Crippen LogP contribution in [0.1, 0.15) is 6.42 Å². The number of rotatable bonds is 2. The van der Waals surface area contributed by atoms with E-state index < -0.39 is 0 Å². The lowest BCUT2D eigenvalue weighted by Crippen LogP contribution is -2.13. The molecule has 2 rings (SSSR count). The molecule has 2 nitrogen and oxygen atoms in total. The monoisotopic (exact) mass is 240 g/mol. The van der Waals surface area contributed by atoms with Gasteiger partial charge in [-0.25, -0.2) is 0 Å². The van der Waals surface area contributed by atoms with Gasteiger partial charge in [0.25, 0.3) is 0 Å². The summed E-state index contributed by atoms with van der Waals surface area (Å²) in [5, 5.41) is 0. The van der Waals surface area contributed by atoms with E-state index in [9.17, 15) is 0 Å². The van der Waals surface area contributed by atoms with Gasteiger partial charge in [-0.15, -0.1) is 0 Å². The molecule has 2 fully saturated rings. The summed E-state index contributed by atoms with van der Waals surface area (Å²) in [7, 11) is 0. The second kappa shape index (κ2) is 2.36. The molecule has 1 aliphatic heterocycles. The fraction of sp³-hybridized carbons (Fsp3) is 1.00. The Labute approximate surface area is 68.0 Å². The van der Waals surface area contributed by atoms with Crippen LogP contribution in [0.25, 0.3) is 0 Å². The molecule has 0 aromatic carbocycles. The molecule has 3 atom stereocenters. The van der Waals surface area contributed by atoms with Gasteiger partial charge in [0.2, 0.25) is 0 Å². The van der Waals surface area contributed by atoms with Gasteiger partial charge < -0.3 is 9.47 Å². The molecule has 0 N–H and O–H groups in total. The third-order valence-electron chi connectivity index (χ3n) is 2.03. The molecule has 1 saturated heterocycles. The first-order valence-electron chi connectivity index (χ1n) is 3.21. The Morgan fingerprint density at radius 2 is 2.56 bits per heavy atom. The molecule has 0 amide bonds. The van der Waals surface area contributed by atoms with Gasteiger partial charge in [0.1, 0.15) is 4.61 Å². The molecule has 3 unspecified atom stereocenters. The summed E-state index contributed by atoms with van der Waals surface area (Å²) in [6.07, 6.45) is 1.48. The summed E-state index contributed by atoms with van der Waals surface area (Å²) in [5.41, 5.74) is 0. The molecule has 1 saturated carbocycles. The maximum atomic E-state index is 5.33. The maximum absolute atomic E-state index is 5.33. The van der Waals surface area contributed by atoms with Crippen molar-refractivity contribution in [2.75, 3.05) is 11.2 Å². The van der Waals surface area contributed by atoms with Crippen LogP contribution in [0.15, 0.2) is 0 Å². The number of alkyl halides is 1. The number of hydrogen-bond acceptors (Lipinski definition) is 2. The number of ether oxygens (including phenoxy) is 2. The zero-order chi connectivity index (χ0) is 6.27. The van der Waals surface area contributed by atoms with Gasteiger partial charge in [0, 0.05) is 5.92 Å². The van der Waals surface area contributed by atoms with Crippen LogP contribution in [0, 0.1) is 11.8 Å². The van der Waals surface area contributed by atoms with E-state index in [2.05, 4.69) is 22.6 Å². The molecular formula is C6H9IO2. The van der Waals surface area contributed by atoms with Crippen molar-refractivity contribution in [1.82, 2.24) is 0 Å². The molecule has 0 bridgehead atoms. The summed E-state index contributed by atoms with van der Waals surface area (Å²) in [5.74, 6) is 1.60. The summed E-state index contributed by atoms with van der Waals surface area (Å²) >= 11 is 2.20. The van der Waals surface area contributed by atoms with Crippen LogP contribution < -0.4 is 0 Å². The van der Waals surface area contributed by atoms with Crippen LogP contribution in [-0.4, -0.2) is 17.5 Å². The first-order valence-corrected chi connectivity index (χ1v) is 4.73. The average Bonchev–Trinajstić information content (AvgIpc) is 2.54. The third-order valence-corrected chi connectivity index (χ3v) is 2.39. The summed E-state index contributed by atoms with van der Waals surface area (Å²) in [4.78, 5) is 0. The van der Waals surface area contributed by atoms with Gasteiger partial charge in [-0.3, -0.25) is 0 Å². The highest BCUT2D eigenvalue weighted by Gasteiger charge is 2.50. The standard InChI is InChI=1S/C6H9IO2/c7-3-9-6-5-1-4(5)2-8-6/h4-6H,1-3H2. The SMILES string of the molecule is ICOC1OCC2CC21. The van der Waals surface area contributed by atoms with Crippen molar-refractivity contribution in [3.63, 3.8) is 0 Å². The van der Waals surface area contributed by atoms with E-state index in [1.807, 2.05) is 0 Å². The van der Waals surface area contributed by atoms with E-state index in [1.54, 1.807) is 0 Å². The predicted octanol–water partition coefficient (Wildman–Crippen LogP) is 1.39. The van der Waals surface area contributed by atoms with E-state index in [0.29, 0.717) is 0 Å². The molecule has 52 valence electrons. The van der Waals surface area contributed by atoms with E-state index in [1.165, 1.54) is 6.42 Å². The smallest absolute Gasteiger partial charge is 0.161 e. The molecule has 3 heteroatoms. The van der Waals surface area contributed by atoms with Gasteiger partial charge in [0.15, 0.2) is 6.29 Å². The molecule has 2 aliphatic rings. The summed E-state index contributed by atoms with van der Waals surface area (Å²) in [6, 6.07) is 0. The Kier molecular flexibility index (Phi) is 1.67. The minimum atomic E-state index is 0.145. The van der Waals surface area contributed by atoms with E-state index in [-0.39, 0.29) is 6.29 Å². The van der Waals surface area contributed by atoms with Gasteiger partial charge in [-0.1, -0.05) is 22.6 Å². The van der Waals surface area contributed by atoms with Crippen molar-refractivity contribution in [3.8, 4) is 0 Å². The van der Waals surface area contributed by atoms with Crippen molar-refractivity contribution in [1.29, 1.82) is 0 Å². The number of halogens is 1. The summed E-state index contributed by atoms with van der Waals surface area (Å²) in [6.45, 7) is 0.936. The Morgan fingerprint density at radius 3 is 3.00 bits per heavy atom. The molecule has 0 radical (unpaired) electrons. The normalized spacial score (nSPS) is 47.0. The molecule has 1 aliphatic carbocycles. The van der Waals surface area contributed by atoms with Gasteiger partial charge in [-0.05, 0) is 12.3 Å². The Morgan fingerprint density at radius 1 is 1.67 bits per heavy atom. The largest absolute Gasteiger partial charge is 0.352 e. The Hall–Kier alpha value is 0.650. The number of hydrogen-bond donors (Lipinski definition) is 0. The van der Waals surface area contributed by atoms with Gasteiger partial charge in [-0.2, -0.15) is 0 Å². The second-order valence-electron chi connectivity index (χ2n) is 2.64. The predicted molar refractivity (Wildman–Crippen MR) is 41.3 cm³/mol. The van der Waals surface area contributed by atoms with Crippen LogP contribution in [-0.2, 0) is 9.47 Å². The first-order chi connectivity index (χ1) is 4.42. The van der Waals surface area contributed by atoms with Crippen molar-refractivity contribution >= 4 is 22.6 Å². The second-order valence-corrected chi connectivity index (χ2v) is 3.26. The average molecular weight is 240 g/mol. The lowest BCUT2D eigenvalue weighted by atomic mass is 10.4. The van der Waals surface area contributed by atoms with Crippen molar-refractivity contribution in [2.24, 2.45) is 11.8 Å². The van der Waals surface area contributed by atoms with Crippen LogP contribution in [0.2, 0.25) is 0 Å². The molecule has 0 aromatic heterocycles. The van der Waals surface area contributed by atoms with Gasteiger partial charge >= 0.3 is 0 Å². The zero-order valence-electron chi connectivity index (χ0n) is 5.05. The van der Waals surface area contributed by atoms with Crippen molar-refractivity contribution < 1.29 is 9.47 Å². The first kappa shape index (κ1) is 6.37. The fourth-order valence-electron chi connectivity index (χ4n) is 1.37. The quantitative estimate of drug-likeness (QED) is 0.536. The maximum Gasteiger partial charge on any atom is 0.161 e. The fourth-order valence-corrected chi connectivity index (χ4v) is 1.73. The van der Waals surface area contributed by atoms with Gasteiger partial charge in [0.05, 0.1) is 6.61 Å². The number of fused-ring (bicyclic) bond motifs is 1. The Bertz CT molecular complexity index is 118. The minimum absolute atomic E-state index is 0.145. The van der Waals surface area contributed by atoms with Crippen molar-refractivity contribution in [2.45, 2.75) is 12.7 Å². The highest BCUT2D eigenvalue weighted by atomic mass is 127. The lowest BCUT2D eigenvalue weighted by Gasteiger charge is -2.09. The molecular weight excluding hydrogens is 231 g/mol. The third kappa shape index (κ3) is 1.10. The van der Waals surface area contributed by atoms with Crippen LogP contribution >= 0.6 is 22.6 Å². The highest BCUT2D eigenvalue weighted by molar-refractivity contribution is 14.1. The van der Waals surface area contributed by atoms with Crippen molar-refractivity contribution in [3.05, 3.63) is 0 Å². The van der Waals surface area contributed by atoms with Crippen LogP contribution in [0.5, 0.6) is 0 Å². The van der Waals surface area contributed by atoms with E-state index in [0.717, 1.165) is 23.1 Å². The van der Waals surface area contributed by atoms with E-state index in [4.69, 9.17) is 9.47 Å². The Balaban J connectivity index is 1.84. The topological polar surface area (TPSA) is 18.5 Å². The molecule has 0 aromatic rings. The minimum Gasteiger partial charge on any atom is -0.352 e. The molecule has 9 heavy (non-hydrogen) atoms. The van der Waals surface area contributed by atoms with Crippen LogP contribution in [0.4, 0.5) is 0 Å². The summed E-state index contributed by atoms with van der Waals surface area (Å²) < 4.78 is 11.4.